The summed E-state index contributed by atoms with van der Waals surface area (Å²) in [6.45, 7) is -0.0918. The van der Waals surface area contributed by atoms with E-state index >= 15 is 0 Å². The Hall–Kier alpha value is -1.76. The molecule has 100 valence electrons. The van der Waals surface area contributed by atoms with Crippen LogP contribution < -0.4 is 9.47 Å². The summed E-state index contributed by atoms with van der Waals surface area (Å²) in [7, 11) is -1.72. The number of ether oxygens (including phenoxy) is 2. The molecule has 0 aliphatic heterocycles. The summed E-state index contributed by atoms with van der Waals surface area (Å²) < 4.78 is 31.9. The number of aromatic carboxylic acids is 1. The lowest BCUT2D eigenvalue weighted by atomic mass is 10.2. The van der Waals surface area contributed by atoms with E-state index in [0.717, 1.165) is 6.26 Å². The molecule has 0 bridgehead atoms. The quantitative estimate of drug-likeness (QED) is 0.825. The van der Waals surface area contributed by atoms with Gasteiger partial charge in [0, 0.05) is 6.26 Å². The molecule has 1 N–H and O–H groups in total. The summed E-state index contributed by atoms with van der Waals surface area (Å²) in [6, 6.07) is 4.30. The van der Waals surface area contributed by atoms with Crippen molar-refractivity contribution >= 4 is 15.8 Å². The third-order valence-electron chi connectivity index (χ3n) is 2.13. The van der Waals surface area contributed by atoms with Crippen molar-refractivity contribution in [3.05, 3.63) is 23.8 Å². The molecule has 0 aromatic heterocycles. The molecule has 0 saturated heterocycles. The van der Waals surface area contributed by atoms with E-state index in [1.807, 2.05) is 0 Å². The second-order valence-electron chi connectivity index (χ2n) is 3.65. The number of carbonyl (C=O) groups is 1. The van der Waals surface area contributed by atoms with Gasteiger partial charge in [-0.25, -0.2) is 13.2 Å². The largest absolute Gasteiger partial charge is 0.497 e. The maximum absolute atomic E-state index is 11.0. The van der Waals surface area contributed by atoms with Crippen molar-refractivity contribution in [2.45, 2.75) is 0 Å². The topological polar surface area (TPSA) is 89.9 Å². The van der Waals surface area contributed by atoms with Gasteiger partial charge in [0.15, 0.2) is 9.84 Å². The van der Waals surface area contributed by atoms with E-state index in [1.165, 1.54) is 19.2 Å². The van der Waals surface area contributed by atoms with Crippen LogP contribution in [0.1, 0.15) is 10.4 Å². The molecule has 1 aromatic carbocycles. The minimum Gasteiger partial charge on any atom is -0.497 e. The Morgan fingerprint density at radius 3 is 2.56 bits per heavy atom. The van der Waals surface area contributed by atoms with Crippen molar-refractivity contribution in [3.63, 3.8) is 0 Å². The van der Waals surface area contributed by atoms with Crippen molar-refractivity contribution < 1.29 is 27.8 Å². The van der Waals surface area contributed by atoms with Crippen molar-refractivity contribution in [2.75, 3.05) is 25.7 Å². The number of carboxylic acid groups (broad SMARTS) is 1. The van der Waals surface area contributed by atoms with Gasteiger partial charge >= 0.3 is 5.97 Å². The third-order valence-corrected chi connectivity index (χ3v) is 3.04. The molecule has 0 saturated carbocycles. The zero-order valence-electron chi connectivity index (χ0n) is 10.0. The van der Waals surface area contributed by atoms with Crippen molar-refractivity contribution in [1.82, 2.24) is 0 Å². The van der Waals surface area contributed by atoms with Gasteiger partial charge in [-0.15, -0.1) is 0 Å². The number of sulfone groups is 1. The maximum atomic E-state index is 11.0. The molecule has 1 rings (SSSR count). The molecule has 1 aromatic rings. The zero-order valence-corrected chi connectivity index (χ0v) is 10.9. The third kappa shape index (κ3) is 4.25. The molecule has 6 nitrogen and oxygen atoms in total. The molecule has 0 aliphatic rings. The minimum atomic E-state index is -3.14. The Balaban J connectivity index is 2.85. The van der Waals surface area contributed by atoms with Crippen molar-refractivity contribution in [3.8, 4) is 11.5 Å². The van der Waals surface area contributed by atoms with Crippen LogP contribution in [0.15, 0.2) is 18.2 Å². The van der Waals surface area contributed by atoms with Crippen LogP contribution in [0, 0.1) is 0 Å². The molecule has 0 radical (unpaired) electrons. The smallest absolute Gasteiger partial charge is 0.339 e. The Bertz CT molecular complexity index is 534. The Morgan fingerprint density at radius 2 is 2.06 bits per heavy atom. The van der Waals surface area contributed by atoms with Crippen LogP contribution in [0.2, 0.25) is 0 Å². The van der Waals surface area contributed by atoms with Crippen LogP contribution >= 0.6 is 0 Å². The van der Waals surface area contributed by atoms with Crippen molar-refractivity contribution in [1.29, 1.82) is 0 Å². The van der Waals surface area contributed by atoms with Gasteiger partial charge < -0.3 is 14.6 Å². The highest BCUT2D eigenvalue weighted by Gasteiger charge is 2.13. The van der Waals surface area contributed by atoms with Crippen LogP contribution in [0.25, 0.3) is 0 Å². The van der Waals surface area contributed by atoms with Gasteiger partial charge in [-0.2, -0.15) is 0 Å². The predicted molar refractivity (Wildman–Crippen MR) is 65.2 cm³/mol. The average molecular weight is 274 g/mol. The summed E-state index contributed by atoms with van der Waals surface area (Å²) in [4.78, 5) is 11.0. The lowest BCUT2D eigenvalue weighted by molar-refractivity contribution is 0.0692. The zero-order chi connectivity index (χ0) is 13.8. The van der Waals surface area contributed by atoms with Crippen LogP contribution in [0.4, 0.5) is 0 Å². The molecule has 0 heterocycles. The summed E-state index contributed by atoms with van der Waals surface area (Å²) in [5.41, 5.74) is -0.0668. The first-order valence-electron chi connectivity index (χ1n) is 5.05. The van der Waals surface area contributed by atoms with Crippen LogP contribution in [-0.2, 0) is 9.84 Å². The SMILES string of the molecule is COc1ccc(OCCS(C)(=O)=O)c(C(=O)O)c1. The Kier molecular flexibility index (Phi) is 4.55. The molecular weight excluding hydrogens is 260 g/mol. The lowest BCUT2D eigenvalue weighted by Crippen LogP contribution is -2.13. The minimum absolute atomic E-state index is 0.0668. The molecule has 0 amide bonds. The second-order valence-corrected chi connectivity index (χ2v) is 5.91. The number of benzene rings is 1. The Labute approximate surface area is 105 Å². The Morgan fingerprint density at radius 1 is 1.39 bits per heavy atom. The fourth-order valence-corrected chi connectivity index (χ4v) is 1.62. The lowest BCUT2D eigenvalue weighted by Gasteiger charge is -2.09. The van der Waals surface area contributed by atoms with E-state index in [0.29, 0.717) is 5.75 Å². The summed E-state index contributed by atoms with van der Waals surface area (Å²) >= 11 is 0. The highest BCUT2D eigenvalue weighted by molar-refractivity contribution is 7.90. The predicted octanol–water partition coefficient (Wildman–Crippen LogP) is 0.817. The number of hydrogen-bond acceptors (Lipinski definition) is 5. The molecule has 0 aliphatic carbocycles. The van der Waals surface area contributed by atoms with Gasteiger partial charge in [-0.1, -0.05) is 0 Å². The van der Waals surface area contributed by atoms with Gasteiger partial charge in [-0.05, 0) is 18.2 Å². The number of hydrogen-bond donors (Lipinski definition) is 1. The van der Waals surface area contributed by atoms with Crippen molar-refractivity contribution in [2.24, 2.45) is 0 Å². The first kappa shape index (κ1) is 14.3. The highest BCUT2D eigenvalue weighted by Crippen LogP contribution is 2.24. The average Bonchev–Trinajstić information content (AvgIpc) is 2.27. The molecule has 0 unspecified atom stereocenters. The molecule has 0 fully saturated rings. The second kappa shape index (κ2) is 5.72. The van der Waals surface area contributed by atoms with Crippen LogP contribution in [-0.4, -0.2) is 45.2 Å². The van der Waals surface area contributed by atoms with E-state index in [2.05, 4.69) is 0 Å². The standard InChI is InChI=1S/C11H14O6S/c1-16-8-3-4-10(9(7-8)11(12)13)17-5-6-18(2,14)15/h3-4,7H,5-6H2,1-2H3,(H,12,13). The first-order chi connectivity index (χ1) is 8.33. The van der Waals surface area contributed by atoms with Gasteiger partial charge in [-0.3, -0.25) is 0 Å². The highest BCUT2D eigenvalue weighted by atomic mass is 32.2. The van der Waals surface area contributed by atoms with E-state index in [1.54, 1.807) is 6.07 Å². The van der Waals surface area contributed by atoms with E-state index in [9.17, 15) is 13.2 Å². The first-order valence-corrected chi connectivity index (χ1v) is 7.11. The summed E-state index contributed by atoms with van der Waals surface area (Å²) in [5.74, 6) is -0.823. The fourth-order valence-electron chi connectivity index (χ4n) is 1.23. The monoisotopic (exact) mass is 274 g/mol. The molecule has 0 spiro atoms. The van der Waals surface area contributed by atoms with Gasteiger partial charge in [0.05, 0.1) is 12.9 Å². The molecule has 7 heteroatoms. The van der Waals surface area contributed by atoms with Crippen LogP contribution in [0.5, 0.6) is 11.5 Å². The van der Waals surface area contributed by atoms with E-state index in [4.69, 9.17) is 14.6 Å². The number of rotatable bonds is 6. The van der Waals surface area contributed by atoms with Gasteiger partial charge in [0.25, 0.3) is 0 Å². The summed E-state index contributed by atoms with van der Waals surface area (Å²) in [6.07, 6.45) is 1.09. The number of methoxy groups -OCH3 is 1. The normalized spacial score (nSPS) is 11.0. The van der Waals surface area contributed by atoms with Gasteiger partial charge in [0.1, 0.15) is 23.7 Å². The number of carboxylic acids is 1. The van der Waals surface area contributed by atoms with E-state index < -0.39 is 15.8 Å². The maximum Gasteiger partial charge on any atom is 0.339 e. The fraction of sp³-hybridized carbons (Fsp3) is 0.364. The molecular formula is C11H14O6S. The molecule has 0 atom stereocenters. The van der Waals surface area contributed by atoms with E-state index in [-0.39, 0.29) is 23.7 Å². The van der Waals surface area contributed by atoms with Gasteiger partial charge in [0.2, 0.25) is 0 Å². The molecule has 18 heavy (non-hydrogen) atoms. The van der Waals surface area contributed by atoms with Crippen LogP contribution in [0.3, 0.4) is 0 Å². The summed E-state index contributed by atoms with van der Waals surface area (Å²) in [5, 5.41) is 8.99.